The van der Waals surface area contributed by atoms with Crippen molar-refractivity contribution in [2.24, 2.45) is 0 Å². The zero-order valence-corrected chi connectivity index (χ0v) is 8.14. The molecule has 0 bridgehead atoms. The molecule has 12 heavy (non-hydrogen) atoms. The van der Waals surface area contributed by atoms with Crippen molar-refractivity contribution in [3.8, 4) is 0 Å². The maximum absolute atomic E-state index is 10.3. The number of hydrogen-bond acceptors (Lipinski definition) is 3. The van der Waals surface area contributed by atoms with Crippen molar-refractivity contribution in [3.63, 3.8) is 0 Å². The Bertz CT molecular complexity index is 163. The lowest BCUT2D eigenvalue weighted by Gasteiger charge is -2.32. The molecule has 1 fully saturated rings. The van der Waals surface area contributed by atoms with Crippen molar-refractivity contribution in [1.29, 1.82) is 0 Å². The molecule has 1 atom stereocenters. The lowest BCUT2D eigenvalue weighted by Crippen LogP contribution is -2.41. The first kappa shape index (κ1) is 9.86. The summed E-state index contributed by atoms with van der Waals surface area (Å²) in [5, 5.41) is 8.50. The zero-order valence-electron chi connectivity index (χ0n) is 7.32. The van der Waals surface area contributed by atoms with Crippen LogP contribution in [0.25, 0.3) is 0 Å². The molecule has 0 amide bonds. The Labute approximate surface area is 77.1 Å². The molecule has 1 unspecified atom stereocenters. The van der Waals surface area contributed by atoms with E-state index in [1.165, 1.54) is 0 Å². The van der Waals surface area contributed by atoms with E-state index in [9.17, 15) is 4.79 Å². The van der Waals surface area contributed by atoms with Crippen LogP contribution in [0.1, 0.15) is 13.3 Å². The molecule has 3 nitrogen and oxygen atoms in total. The van der Waals surface area contributed by atoms with Gasteiger partial charge in [-0.05, 0) is 6.92 Å². The average molecular weight is 189 g/mol. The first-order valence-corrected chi connectivity index (χ1v) is 5.39. The number of rotatable bonds is 3. The van der Waals surface area contributed by atoms with Gasteiger partial charge in [0.1, 0.15) is 0 Å². The van der Waals surface area contributed by atoms with Crippen LogP contribution >= 0.6 is 11.8 Å². The summed E-state index contributed by atoms with van der Waals surface area (Å²) in [7, 11) is 0. The highest BCUT2D eigenvalue weighted by Gasteiger charge is 2.18. The van der Waals surface area contributed by atoms with Crippen molar-refractivity contribution in [2.45, 2.75) is 19.4 Å². The largest absolute Gasteiger partial charge is 0.481 e. The van der Waals surface area contributed by atoms with E-state index in [0.29, 0.717) is 12.6 Å². The summed E-state index contributed by atoms with van der Waals surface area (Å²) in [6, 6.07) is 0.545. The molecule has 0 saturated carbocycles. The number of nitrogens with zero attached hydrogens (tertiary/aromatic N) is 1. The molecule has 1 aliphatic rings. The molecule has 70 valence electrons. The second kappa shape index (κ2) is 4.72. The third kappa shape index (κ3) is 3.03. The number of hydrogen-bond donors (Lipinski definition) is 1. The minimum absolute atomic E-state index is 0.273. The van der Waals surface area contributed by atoms with Crippen LogP contribution in [-0.2, 0) is 4.79 Å². The Hall–Kier alpha value is -0.220. The third-order valence-electron chi connectivity index (χ3n) is 2.12. The minimum atomic E-state index is -0.694. The van der Waals surface area contributed by atoms with Crippen molar-refractivity contribution >= 4 is 17.7 Å². The summed E-state index contributed by atoms with van der Waals surface area (Å²) < 4.78 is 0. The van der Waals surface area contributed by atoms with Crippen LogP contribution in [0.15, 0.2) is 0 Å². The fourth-order valence-electron chi connectivity index (χ4n) is 1.33. The van der Waals surface area contributed by atoms with E-state index < -0.39 is 5.97 Å². The lowest BCUT2D eigenvalue weighted by atomic mass is 10.3. The fraction of sp³-hybridized carbons (Fsp3) is 0.875. The van der Waals surface area contributed by atoms with Crippen molar-refractivity contribution < 1.29 is 9.90 Å². The van der Waals surface area contributed by atoms with E-state index in [1.54, 1.807) is 0 Å². The van der Waals surface area contributed by atoms with E-state index in [2.05, 4.69) is 11.8 Å². The second-order valence-corrected chi connectivity index (χ2v) is 4.25. The number of carboxylic acid groups (broad SMARTS) is 1. The summed E-state index contributed by atoms with van der Waals surface area (Å²) in [6.07, 6.45) is 0.273. The van der Waals surface area contributed by atoms with E-state index >= 15 is 0 Å². The predicted molar refractivity (Wildman–Crippen MR) is 50.6 cm³/mol. The Morgan fingerprint density at radius 3 is 3.08 bits per heavy atom. The molecule has 1 N–H and O–H groups in total. The smallest absolute Gasteiger partial charge is 0.304 e. The number of carboxylic acids is 1. The highest BCUT2D eigenvalue weighted by Crippen LogP contribution is 2.15. The summed E-state index contributed by atoms with van der Waals surface area (Å²) >= 11 is 1.95. The first-order chi connectivity index (χ1) is 5.70. The average Bonchev–Trinajstić information content (AvgIpc) is 2.03. The Kier molecular flexibility index (Phi) is 3.88. The quantitative estimate of drug-likeness (QED) is 0.716. The maximum atomic E-state index is 10.3. The fourth-order valence-corrected chi connectivity index (χ4v) is 2.42. The van der Waals surface area contributed by atoms with Gasteiger partial charge in [0, 0.05) is 30.6 Å². The van der Waals surface area contributed by atoms with Gasteiger partial charge in [0.15, 0.2) is 0 Å². The van der Waals surface area contributed by atoms with E-state index in [1.807, 2.05) is 11.8 Å². The van der Waals surface area contributed by atoms with Crippen LogP contribution in [0.5, 0.6) is 0 Å². The van der Waals surface area contributed by atoms with E-state index in [0.717, 1.165) is 18.1 Å². The van der Waals surface area contributed by atoms with Gasteiger partial charge in [-0.2, -0.15) is 11.8 Å². The molecule has 0 aromatic heterocycles. The van der Waals surface area contributed by atoms with Crippen molar-refractivity contribution in [2.75, 3.05) is 24.6 Å². The SMILES string of the molecule is CC1CSCCN1CCC(=O)O. The molecule has 1 saturated heterocycles. The summed E-state index contributed by atoms with van der Waals surface area (Å²) in [5.41, 5.74) is 0. The molecule has 0 aromatic carbocycles. The Morgan fingerprint density at radius 2 is 2.50 bits per heavy atom. The summed E-state index contributed by atoms with van der Waals surface area (Å²) in [5.74, 6) is 1.59. The van der Waals surface area contributed by atoms with Crippen molar-refractivity contribution in [3.05, 3.63) is 0 Å². The molecule has 1 rings (SSSR count). The van der Waals surface area contributed by atoms with Crippen LogP contribution in [0.3, 0.4) is 0 Å². The predicted octanol–water partition coefficient (Wildman–Crippen LogP) is 0.898. The van der Waals surface area contributed by atoms with Gasteiger partial charge in [0.05, 0.1) is 6.42 Å². The second-order valence-electron chi connectivity index (χ2n) is 3.10. The molecule has 0 aromatic rings. The number of carbonyl (C=O) groups is 1. The van der Waals surface area contributed by atoms with Gasteiger partial charge in [-0.3, -0.25) is 9.69 Å². The van der Waals surface area contributed by atoms with Crippen LogP contribution < -0.4 is 0 Å². The van der Waals surface area contributed by atoms with Crippen LogP contribution in [0, 0.1) is 0 Å². The maximum Gasteiger partial charge on any atom is 0.304 e. The highest BCUT2D eigenvalue weighted by molar-refractivity contribution is 7.99. The van der Waals surface area contributed by atoms with Crippen molar-refractivity contribution in [1.82, 2.24) is 4.90 Å². The summed E-state index contributed by atoms with van der Waals surface area (Å²) in [4.78, 5) is 12.6. The first-order valence-electron chi connectivity index (χ1n) is 4.23. The molecule has 1 aliphatic heterocycles. The van der Waals surface area contributed by atoms with E-state index in [4.69, 9.17) is 5.11 Å². The minimum Gasteiger partial charge on any atom is -0.481 e. The molecular weight excluding hydrogens is 174 g/mol. The van der Waals surface area contributed by atoms with Gasteiger partial charge < -0.3 is 5.11 Å². The highest BCUT2D eigenvalue weighted by atomic mass is 32.2. The van der Waals surface area contributed by atoms with Crippen LogP contribution in [-0.4, -0.2) is 46.6 Å². The molecule has 4 heteroatoms. The molecule has 0 aliphatic carbocycles. The molecule has 0 spiro atoms. The Balaban J connectivity index is 2.24. The van der Waals surface area contributed by atoms with Crippen LogP contribution in [0.2, 0.25) is 0 Å². The summed E-state index contributed by atoms with van der Waals surface area (Å²) in [6.45, 7) is 3.91. The number of thioether (sulfide) groups is 1. The van der Waals surface area contributed by atoms with Crippen LogP contribution in [0.4, 0.5) is 0 Å². The number of aliphatic carboxylic acids is 1. The molecule has 0 radical (unpaired) electrons. The monoisotopic (exact) mass is 189 g/mol. The Morgan fingerprint density at radius 1 is 1.75 bits per heavy atom. The zero-order chi connectivity index (χ0) is 8.97. The van der Waals surface area contributed by atoms with Gasteiger partial charge >= 0.3 is 5.97 Å². The molecular formula is C8H15NO2S. The molecule has 1 heterocycles. The topological polar surface area (TPSA) is 40.5 Å². The standard InChI is InChI=1S/C8H15NO2S/c1-7-6-12-5-4-9(7)3-2-8(10)11/h7H,2-6H2,1H3,(H,10,11). The normalized spacial score (nSPS) is 25.6. The van der Waals surface area contributed by atoms with Gasteiger partial charge in [0.25, 0.3) is 0 Å². The van der Waals surface area contributed by atoms with Gasteiger partial charge in [0.2, 0.25) is 0 Å². The van der Waals surface area contributed by atoms with Gasteiger partial charge in [-0.25, -0.2) is 0 Å². The van der Waals surface area contributed by atoms with Gasteiger partial charge in [-0.15, -0.1) is 0 Å². The van der Waals surface area contributed by atoms with E-state index in [-0.39, 0.29) is 6.42 Å². The third-order valence-corrected chi connectivity index (χ3v) is 3.31. The van der Waals surface area contributed by atoms with Gasteiger partial charge in [-0.1, -0.05) is 0 Å². The lowest BCUT2D eigenvalue weighted by molar-refractivity contribution is -0.137.